The molecule has 2 heterocycles. The van der Waals surface area contributed by atoms with E-state index in [9.17, 15) is 13.6 Å². The third kappa shape index (κ3) is 1.83. The molecule has 1 aromatic rings. The number of nitrogens with one attached hydrogen (secondary N) is 1. The Bertz CT molecular complexity index is 622. The van der Waals surface area contributed by atoms with Crippen molar-refractivity contribution in [2.75, 3.05) is 18.9 Å². The molecule has 2 saturated heterocycles. The van der Waals surface area contributed by atoms with E-state index in [1.165, 1.54) is 12.1 Å². The quantitative estimate of drug-likeness (QED) is 0.774. The third-order valence-electron chi connectivity index (χ3n) is 4.28. The average molecular weight is 300 g/mol. The van der Waals surface area contributed by atoms with Crippen LogP contribution in [0.1, 0.15) is 18.9 Å². The molecule has 0 aromatic heterocycles. The molecule has 1 aromatic carbocycles. The van der Waals surface area contributed by atoms with Crippen LogP contribution in [0.2, 0.25) is 0 Å². The SMILES string of the molecule is C[C@]1(F)C[C@]2(F)COC[C@]2(c2cc(N)ccc2F)NC1=O. The topological polar surface area (TPSA) is 64.3 Å². The maximum atomic E-state index is 15.3. The van der Waals surface area contributed by atoms with Gasteiger partial charge in [0.2, 0.25) is 0 Å². The number of rotatable bonds is 1. The minimum atomic E-state index is -2.37. The summed E-state index contributed by atoms with van der Waals surface area (Å²) < 4.78 is 48.8. The van der Waals surface area contributed by atoms with E-state index in [1.54, 1.807) is 0 Å². The molecular weight excluding hydrogens is 285 g/mol. The summed E-state index contributed by atoms with van der Waals surface area (Å²) >= 11 is 0. The predicted molar refractivity (Wildman–Crippen MR) is 69.4 cm³/mol. The zero-order valence-electron chi connectivity index (χ0n) is 11.4. The Morgan fingerprint density at radius 3 is 2.76 bits per heavy atom. The first-order valence-corrected chi connectivity index (χ1v) is 6.54. The van der Waals surface area contributed by atoms with Gasteiger partial charge in [-0.15, -0.1) is 0 Å². The number of halogens is 3. The van der Waals surface area contributed by atoms with Crippen LogP contribution in [0.15, 0.2) is 18.2 Å². The highest BCUT2D eigenvalue weighted by atomic mass is 19.2. The van der Waals surface area contributed by atoms with Gasteiger partial charge in [0, 0.05) is 17.7 Å². The summed E-state index contributed by atoms with van der Waals surface area (Å²) in [4.78, 5) is 11.9. The van der Waals surface area contributed by atoms with Gasteiger partial charge in [0.1, 0.15) is 11.4 Å². The highest BCUT2D eigenvalue weighted by Crippen LogP contribution is 2.50. The van der Waals surface area contributed by atoms with Gasteiger partial charge in [-0.05, 0) is 25.1 Å². The van der Waals surface area contributed by atoms with Gasteiger partial charge in [0.05, 0.1) is 13.2 Å². The van der Waals surface area contributed by atoms with Crippen LogP contribution >= 0.6 is 0 Å². The van der Waals surface area contributed by atoms with Gasteiger partial charge in [-0.25, -0.2) is 13.2 Å². The molecule has 0 spiro atoms. The first kappa shape index (κ1) is 14.2. The molecule has 4 nitrogen and oxygen atoms in total. The van der Waals surface area contributed by atoms with Crippen LogP contribution in [-0.2, 0) is 15.1 Å². The maximum absolute atomic E-state index is 15.3. The number of amides is 1. The van der Waals surface area contributed by atoms with Crippen LogP contribution in [0.3, 0.4) is 0 Å². The zero-order chi connectivity index (χ0) is 15.5. The smallest absolute Gasteiger partial charge is 0.258 e. The molecule has 3 N–H and O–H groups in total. The molecule has 0 saturated carbocycles. The molecule has 114 valence electrons. The minimum absolute atomic E-state index is 0.119. The summed E-state index contributed by atoms with van der Waals surface area (Å²) in [6, 6.07) is 3.67. The maximum Gasteiger partial charge on any atom is 0.258 e. The van der Waals surface area contributed by atoms with Crippen molar-refractivity contribution in [3.63, 3.8) is 0 Å². The second-order valence-corrected chi connectivity index (χ2v) is 5.93. The molecule has 7 heteroatoms. The number of carbonyl (C=O) groups excluding carboxylic acids is 1. The molecular formula is C14H15F3N2O2. The predicted octanol–water partition coefficient (Wildman–Crippen LogP) is 1.59. The summed E-state index contributed by atoms with van der Waals surface area (Å²) in [5.74, 6) is -1.71. The summed E-state index contributed by atoms with van der Waals surface area (Å²) in [5.41, 5.74) is -0.635. The van der Waals surface area contributed by atoms with Gasteiger partial charge in [-0.3, -0.25) is 4.79 Å². The monoisotopic (exact) mass is 300 g/mol. The summed E-state index contributed by atoms with van der Waals surface area (Å²) in [7, 11) is 0. The lowest BCUT2D eigenvalue weighted by atomic mass is 9.69. The highest BCUT2D eigenvalue weighted by molar-refractivity contribution is 5.87. The minimum Gasteiger partial charge on any atom is -0.399 e. The number of hydrogen-bond donors (Lipinski definition) is 2. The molecule has 0 aliphatic carbocycles. The van der Waals surface area contributed by atoms with E-state index in [-0.39, 0.29) is 17.9 Å². The first-order chi connectivity index (χ1) is 9.70. The number of fused-ring (bicyclic) bond motifs is 1. The van der Waals surface area contributed by atoms with Crippen molar-refractivity contribution in [2.24, 2.45) is 0 Å². The van der Waals surface area contributed by atoms with Crippen molar-refractivity contribution in [1.82, 2.24) is 5.32 Å². The van der Waals surface area contributed by atoms with Crippen molar-refractivity contribution < 1.29 is 22.7 Å². The Labute approximate surface area is 119 Å². The van der Waals surface area contributed by atoms with E-state index in [1.807, 2.05) is 0 Å². The molecule has 2 aliphatic rings. The fourth-order valence-corrected chi connectivity index (χ4v) is 3.16. The number of alkyl halides is 2. The van der Waals surface area contributed by atoms with Crippen molar-refractivity contribution in [2.45, 2.75) is 30.2 Å². The van der Waals surface area contributed by atoms with Crippen molar-refractivity contribution in [1.29, 1.82) is 0 Å². The van der Waals surface area contributed by atoms with Gasteiger partial charge in [0.15, 0.2) is 11.3 Å². The zero-order valence-corrected chi connectivity index (χ0v) is 11.4. The normalized spacial score (nSPS) is 39.0. The van der Waals surface area contributed by atoms with Crippen LogP contribution in [0.25, 0.3) is 0 Å². The van der Waals surface area contributed by atoms with Crippen LogP contribution in [0, 0.1) is 5.82 Å². The van der Waals surface area contributed by atoms with Crippen LogP contribution in [0.5, 0.6) is 0 Å². The number of hydrogen-bond acceptors (Lipinski definition) is 3. The van der Waals surface area contributed by atoms with E-state index in [2.05, 4.69) is 5.32 Å². The fraction of sp³-hybridized carbons (Fsp3) is 0.500. The van der Waals surface area contributed by atoms with Crippen LogP contribution < -0.4 is 11.1 Å². The Morgan fingerprint density at radius 1 is 1.33 bits per heavy atom. The van der Waals surface area contributed by atoms with Crippen LogP contribution in [-0.4, -0.2) is 30.5 Å². The second-order valence-electron chi connectivity index (χ2n) is 5.93. The largest absolute Gasteiger partial charge is 0.399 e. The lowest BCUT2D eigenvalue weighted by molar-refractivity contribution is -0.147. The standard InChI is InChI=1S/C14H15F3N2O2/c1-12(16)5-13(17)6-21-7-14(13,19-11(12)20)9-4-8(18)2-3-10(9)15/h2-4H,5-7,18H2,1H3,(H,19,20)/t12-,13-,14+/m0/s1. The Hall–Kier alpha value is -1.76. The lowest BCUT2D eigenvalue weighted by Gasteiger charge is -2.47. The van der Waals surface area contributed by atoms with Crippen molar-refractivity contribution >= 4 is 11.6 Å². The number of benzene rings is 1. The Morgan fingerprint density at radius 2 is 2.05 bits per heavy atom. The van der Waals surface area contributed by atoms with Gasteiger partial charge in [-0.2, -0.15) is 0 Å². The van der Waals surface area contributed by atoms with Crippen molar-refractivity contribution in [3.05, 3.63) is 29.6 Å². The molecule has 1 amide bonds. The lowest BCUT2D eigenvalue weighted by Crippen LogP contribution is -2.69. The van der Waals surface area contributed by atoms with Gasteiger partial charge in [0.25, 0.3) is 5.91 Å². The fourth-order valence-electron chi connectivity index (χ4n) is 3.16. The number of piperidine rings is 1. The number of nitrogens with two attached hydrogens (primary N) is 1. The Balaban J connectivity index is 2.18. The van der Waals surface area contributed by atoms with Crippen molar-refractivity contribution in [3.8, 4) is 0 Å². The third-order valence-corrected chi connectivity index (χ3v) is 4.28. The highest BCUT2D eigenvalue weighted by Gasteiger charge is 2.67. The summed E-state index contributed by atoms with van der Waals surface area (Å²) in [6.07, 6.45) is -0.694. The van der Waals surface area contributed by atoms with E-state index in [0.29, 0.717) is 0 Å². The molecule has 2 fully saturated rings. The van der Waals surface area contributed by atoms with Gasteiger partial charge < -0.3 is 15.8 Å². The number of anilines is 1. The molecule has 0 unspecified atom stereocenters. The van der Waals surface area contributed by atoms with E-state index in [4.69, 9.17) is 10.5 Å². The average Bonchev–Trinajstić information content (AvgIpc) is 2.69. The summed E-state index contributed by atoms with van der Waals surface area (Å²) in [6.45, 7) is 0.314. The molecule has 2 aliphatic heterocycles. The number of nitrogen functional groups attached to an aromatic ring is 1. The molecule has 0 radical (unpaired) electrons. The molecule has 3 rings (SSSR count). The van der Waals surface area contributed by atoms with E-state index < -0.39 is 41.6 Å². The van der Waals surface area contributed by atoms with E-state index in [0.717, 1.165) is 13.0 Å². The molecule has 3 atom stereocenters. The van der Waals surface area contributed by atoms with Gasteiger partial charge in [-0.1, -0.05) is 0 Å². The number of ether oxygens (including phenoxy) is 1. The molecule has 0 bridgehead atoms. The molecule has 21 heavy (non-hydrogen) atoms. The van der Waals surface area contributed by atoms with Crippen LogP contribution in [0.4, 0.5) is 18.9 Å². The van der Waals surface area contributed by atoms with E-state index >= 15 is 4.39 Å². The Kier molecular flexibility index (Phi) is 2.79. The second kappa shape index (κ2) is 4.13. The van der Waals surface area contributed by atoms with Gasteiger partial charge >= 0.3 is 0 Å². The number of carbonyl (C=O) groups is 1. The summed E-state index contributed by atoms with van der Waals surface area (Å²) in [5, 5.41) is 2.30. The first-order valence-electron chi connectivity index (χ1n) is 6.54.